The summed E-state index contributed by atoms with van der Waals surface area (Å²) in [7, 11) is 2.12. The third kappa shape index (κ3) is 6.13. The van der Waals surface area contributed by atoms with Crippen LogP contribution in [0, 0.1) is 5.92 Å². The molecular weight excluding hydrogens is 278 g/mol. The second-order valence-corrected chi connectivity index (χ2v) is 6.48. The quantitative estimate of drug-likeness (QED) is 0.424. The van der Waals surface area contributed by atoms with E-state index in [1.165, 1.54) is 32.1 Å². The maximum atomic E-state index is 5.89. The van der Waals surface area contributed by atoms with Gasteiger partial charge in [-0.1, -0.05) is 12.8 Å². The maximum absolute atomic E-state index is 5.89. The highest BCUT2D eigenvalue weighted by molar-refractivity contribution is 5.79. The molecule has 5 heteroatoms. The number of nitrogens with zero attached hydrogens (tertiary/aromatic N) is 2. The largest absolute Gasteiger partial charge is 0.381 e. The summed E-state index contributed by atoms with van der Waals surface area (Å²) in [5.41, 5.74) is 0. The van der Waals surface area contributed by atoms with Crippen LogP contribution in [-0.2, 0) is 9.47 Å². The van der Waals surface area contributed by atoms with Gasteiger partial charge in [0.25, 0.3) is 0 Å². The Bertz CT molecular complexity index is 324. The Morgan fingerprint density at radius 3 is 2.82 bits per heavy atom. The van der Waals surface area contributed by atoms with Gasteiger partial charge in [0, 0.05) is 45.8 Å². The van der Waals surface area contributed by atoms with Crippen molar-refractivity contribution in [2.24, 2.45) is 10.9 Å². The highest BCUT2D eigenvalue weighted by Gasteiger charge is 2.19. The van der Waals surface area contributed by atoms with E-state index in [2.05, 4.69) is 24.2 Å². The second-order valence-electron chi connectivity index (χ2n) is 6.48. The molecule has 0 amide bonds. The number of ether oxygens (including phenoxy) is 2. The Kier molecular flexibility index (Phi) is 8.02. The van der Waals surface area contributed by atoms with E-state index in [0.29, 0.717) is 12.0 Å². The van der Waals surface area contributed by atoms with E-state index >= 15 is 0 Å². The van der Waals surface area contributed by atoms with Crippen LogP contribution >= 0.6 is 0 Å². The average molecular weight is 311 g/mol. The molecule has 0 bridgehead atoms. The van der Waals surface area contributed by atoms with Gasteiger partial charge in [0.2, 0.25) is 0 Å². The number of hydrogen-bond donors (Lipinski definition) is 1. The van der Waals surface area contributed by atoms with E-state index in [-0.39, 0.29) is 0 Å². The van der Waals surface area contributed by atoms with Gasteiger partial charge < -0.3 is 19.7 Å². The lowest BCUT2D eigenvalue weighted by Crippen LogP contribution is -2.41. The molecule has 0 aromatic heterocycles. The molecule has 1 aliphatic heterocycles. The van der Waals surface area contributed by atoms with Crippen LogP contribution in [0.3, 0.4) is 0 Å². The summed E-state index contributed by atoms with van der Waals surface area (Å²) < 4.78 is 11.3. The van der Waals surface area contributed by atoms with Crippen molar-refractivity contribution < 1.29 is 9.47 Å². The third-order valence-corrected chi connectivity index (χ3v) is 4.47. The van der Waals surface area contributed by atoms with Gasteiger partial charge in [0.1, 0.15) is 0 Å². The molecule has 1 aliphatic carbocycles. The summed E-state index contributed by atoms with van der Waals surface area (Å²) in [4.78, 5) is 6.97. The van der Waals surface area contributed by atoms with Gasteiger partial charge in [0.05, 0.1) is 12.7 Å². The Morgan fingerprint density at radius 2 is 2.14 bits per heavy atom. The lowest BCUT2D eigenvalue weighted by Gasteiger charge is -2.24. The molecule has 1 unspecified atom stereocenters. The van der Waals surface area contributed by atoms with Crippen LogP contribution in [0.5, 0.6) is 0 Å². The van der Waals surface area contributed by atoms with Crippen LogP contribution in [0.4, 0.5) is 0 Å². The molecule has 0 aromatic carbocycles. The molecule has 128 valence electrons. The molecule has 0 radical (unpaired) electrons. The highest BCUT2D eigenvalue weighted by atomic mass is 16.5. The molecule has 0 spiro atoms. The SMILES string of the molecule is CCNC(=NCCCOC1CCCC1)N(C)CC1CCOC1. The normalized spacial score (nSPS) is 23.2. The summed E-state index contributed by atoms with van der Waals surface area (Å²) in [5, 5.41) is 3.38. The lowest BCUT2D eigenvalue weighted by molar-refractivity contribution is 0.0579. The Balaban J connectivity index is 1.66. The first kappa shape index (κ1) is 17.5. The van der Waals surface area contributed by atoms with E-state index < -0.39 is 0 Å². The van der Waals surface area contributed by atoms with E-state index in [1.807, 2.05) is 0 Å². The fraction of sp³-hybridized carbons (Fsp3) is 0.941. The van der Waals surface area contributed by atoms with E-state index in [9.17, 15) is 0 Å². The van der Waals surface area contributed by atoms with Gasteiger partial charge >= 0.3 is 0 Å². The zero-order valence-corrected chi connectivity index (χ0v) is 14.4. The van der Waals surface area contributed by atoms with Crippen molar-refractivity contribution in [1.29, 1.82) is 0 Å². The van der Waals surface area contributed by atoms with Crippen LogP contribution < -0.4 is 5.32 Å². The molecule has 2 rings (SSSR count). The Labute approximate surface area is 135 Å². The van der Waals surface area contributed by atoms with Crippen molar-refractivity contribution in [2.75, 3.05) is 46.5 Å². The van der Waals surface area contributed by atoms with Gasteiger partial charge in [-0.2, -0.15) is 0 Å². The van der Waals surface area contributed by atoms with E-state index in [1.54, 1.807) is 0 Å². The molecular formula is C17H33N3O2. The van der Waals surface area contributed by atoms with E-state index in [4.69, 9.17) is 14.5 Å². The van der Waals surface area contributed by atoms with Crippen molar-refractivity contribution in [3.63, 3.8) is 0 Å². The highest BCUT2D eigenvalue weighted by Crippen LogP contribution is 2.20. The molecule has 22 heavy (non-hydrogen) atoms. The monoisotopic (exact) mass is 311 g/mol. The first-order valence-electron chi connectivity index (χ1n) is 8.98. The van der Waals surface area contributed by atoms with Crippen LogP contribution in [0.25, 0.3) is 0 Å². The van der Waals surface area contributed by atoms with Gasteiger partial charge in [-0.05, 0) is 32.6 Å². The summed E-state index contributed by atoms with van der Waals surface area (Å²) in [5.74, 6) is 1.65. The van der Waals surface area contributed by atoms with Crippen molar-refractivity contribution in [3.05, 3.63) is 0 Å². The van der Waals surface area contributed by atoms with Crippen molar-refractivity contribution in [2.45, 2.75) is 51.6 Å². The van der Waals surface area contributed by atoms with Crippen LogP contribution in [0.1, 0.15) is 45.4 Å². The van der Waals surface area contributed by atoms with Crippen molar-refractivity contribution >= 4 is 5.96 Å². The fourth-order valence-electron chi connectivity index (χ4n) is 3.23. The Hall–Kier alpha value is -0.810. The number of rotatable bonds is 8. The van der Waals surface area contributed by atoms with Crippen LogP contribution in [-0.4, -0.2) is 63.5 Å². The second kappa shape index (κ2) is 10.1. The maximum Gasteiger partial charge on any atom is 0.193 e. The number of hydrogen-bond acceptors (Lipinski definition) is 3. The zero-order chi connectivity index (χ0) is 15.6. The molecule has 1 saturated heterocycles. The summed E-state index contributed by atoms with van der Waals surface area (Å²) in [6.45, 7) is 7.51. The number of aliphatic imine (C=N–C) groups is 1. The lowest BCUT2D eigenvalue weighted by atomic mass is 10.1. The van der Waals surface area contributed by atoms with Crippen molar-refractivity contribution in [3.8, 4) is 0 Å². The predicted octanol–water partition coefficient (Wildman–Crippen LogP) is 2.27. The summed E-state index contributed by atoms with van der Waals surface area (Å²) >= 11 is 0. The third-order valence-electron chi connectivity index (χ3n) is 4.47. The van der Waals surface area contributed by atoms with Gasteiger partial charge in [-0.3, -0.25) is 4.99 Å². The van der Waals surface area contributed by atoms with E-state index in [0.717, 1.165) is 51.8 Å². The van der Waals surface area contributed by atoms with Crippen LogP contribution in [0.2, 0.25) is 0 Å². The molecule has 0 aromatic rings. The molecule has 1 saturated carbocycles. The van der Waals surface area contributed by atoms with Gasteiger partial charge in [-0.15, -0.1) is 0 Å². The zero-order valence-electron chi connectivity index (χ0n) is 14.4. The standard InChI is InChI=1S/C17H33N3O2/c1-3-18-17(20(2)13-15-9-12-21-14-15)19-10-6-11-22-16-7-4-5-8-16/h15-16H,3-14H2,1-2H3,(H,18,19). The number of guanidine groups is 1. The molecule has 1 heterocycles. The summed E-state index contributed by atoms with van der Waals surface area (Å²) in [6, 6.07) is 0. The minimum absolute atomic E-state index is 0.516. The number of nitrogens with one attached hydrogen (secondary N) is 1. The predicted molar refractivity (Wildman–Crippen MR) is 90.4 cm³/mol. The minimum atomic E-state index is 0.516. The van der Waals surface area contributed by atoms with Gasteiger partial charge in [0.15, 0.2) is 5.96 Å². The average Bonchev–Trinajstić information content (AvgIpc) is 3.19. The molecule has 1 N–H and O–H groups in total. The molecule has 1 atom stereocenters. The smallest absolute Gasteiger partial charge is 0.193 e. The summed E-state index contributed by atoms with van der Waals surface area (Å²) in [6.07, 6.45) is 7.86. The topological polar surface area (TPSA) is 46.1 Å². The minimum Gasteiger partial charge on any atom is -0.381 e. The van der Waals surface area contributed by atoms with Gasteiger partial charge in [-0.25, -0.2) is 0 Å². The molecule has 2 aliphatic rings. The first-order chi connectivity index (χ1) is 10.8. The fourth-order valence-corrected chi connectivity index (χ4v) is 3.23. The molecule has 2 fully saturated rings. The van der Waals surface area contributed by atoms with Crippen LogP contribution in [0.15, 0.2) is 4.99 Å². The van der Waals surface area contributed by atoms with Crippen molar-refractivity contribution in [1.82, 2.24) is 10.2 Å². The molecule has 5 nitrogen and oxygen atoms in total. The Morgan fingerprint density at radius 1 is 1.32 bits per heavy atom. The first-order valence-corrected chi connectivity index (χ1v) is 8.98.